The lowest BCUT2D eigenvalue weighted by molar-refractivity contribution is -0.350. The third-order valence-corrected chi connectivity index (χ3v) is 7.77. The molecule has 15 heteroatoms. The van der Waals surface area contributed by atoms with E-state index in [1.807, 2.05) is 0 Å². The van der Waals surface area contributed by atoms with Crippen LogP contribution in [0.25, 0.3) is 11.0 Å². The molecule has 12 atom stereocenters. The number of benzene rings is 1. The largest absolute Gasteiger partial charge is 0.487 e. The highest BCUT2D eigenvalue weighted by atomic mass is 16.7. The minimum Gasteiger partial charge on any atom is -0.487 e. The van der Waals surface area contributed by atoms with Crippen LogP contribution in [0, 0.1) is 0 Å². The SMILES string of the molecule is CC(CO[C@@H]1O[C@H](CO)[C@@H](O)[C@H](O)[C@H]1O)(O[C@@H]1O[C@H](CO)[C@@H](O)[C@H](O)[C@H]1O)[C@@H]1Cc2cc3ccc(=O)oc3cc2O1. The van der Waals surface area contributed by atoms with Gasteiger partial charge in [-0.15, -0.1) is 0 Å². The second-order valence-corrected chi connectivity index (χ2v) is 10.7. The molecule has 8 N–H and O–H groups in total. The van der Waals surface area contributed by atoms with Gasteiger partial charge in [0, 0.05) is 23.9 Å². The Kier molecular flexibility index (Phi) is 8.69. The van der Waals surface area contributed by atoms with E-state index in [0.717, 1.165) is 0 Å². The average Bonchev–Trinajstić information content (AvgIpc) is 3.38. The molecule has 0 bridgehead atoms. The summed E-state index contributed by atoms with van der Waals surface area (Å²) in [6.07, 6.45) is -16.4. The number of aliphatic hydroxyl groups excluding tert-OH is 8. The van der Waals surface area contributed by atoms with Gasteiger partial charge in [-0.3, -0.25) is 0 Å². The first-order chi connectivity index (χ1) is 19.4. The predicted molar refractivity (Wildman–Crippen MR) is 134 cm³/mol. The molecule has 0 saturated carbocycles. The molecule has 2 fully saturated rings. The van der Waals surface area contributed by atoms with Crippen molar-refractivity contribution in [1.29, 1.82) is 0 Å². The van der Waals surface area contributed by atoms with E-state index in [0.29, 0.717) is 16.7 Å². The average molecular weight is 587 g/mol. The molecular weight excluding hydrogens is 552 g/mol. The highest BCUT2D eigenvalue weighted by Gasteiger charge is 2.51. The molecule has 41 heavy (non-hydrogen) atoms. The maximum absolute atomic E-state index is 11.7. The van der Waals surface area contributed by atoms with Crippen molar-refractivity contribution in [1.82, 2.24) is 0 Å². The van der Waals surface area contributed by atoms with Crippen LogP contribution in [0.4, 0.5) is 0 Å². The molecule has 15 nitrogen and oxygen atoms in total. The van der Waals surface area contributed by atoms with Gasteiger partial charge in [0.1, 0.15) is 71.9 Å². The van der Waals surface area contributed by atoms with Crippen LogP contribution in [-0.4, -0.2) is 134 Å². The molecule has 0 spiro atoms. The third-order valence-electron chi connectivity index (χ3n) is 7.77. The Morgan fingerprint density at radius 1 is 0.854 bits per heavy atom. The molecular formula is C26H34O15. The number of ether oxygens (including phenoxy) is 5. The lowest BCUT2D eigenvalue weighted by Gasteiger charge is -2.45. The van der Waals surface area contributed by atoms with Crippen LogP contribution < -0.4 is 10.4 Å². The van der Waals surface area contributed by atoms with Gasteiger partial charge in [-0.25, -0.2) is 4.79 Å². The molecule has 2 aromatic rings. The van der Waals surface area contributed by atoms with Crippen molar-refractivity contribution in [3.8, 4) is 5.75 Å². The minimum atomic E-state index is -1.75. The lowest BCUT2D eigenvalue weighted by Crippen LogP contribution is -2.63. The van der Waals surface area contributed by atoms with Crippen LogP contribution >= 0.6 is 0 Å². The Bertz CT molecular complexity index is 1270. The van der Waals surface area contributed by atoms with Crippen molar-refractivity contribution in [2.24, 2.45) is 0 Å². The van der Waals surface area contributed by atoms with Gasteiger partial charge in [-0.05, 0) is 24.6 Å². The Balaban J connectivity index is 1.42. The van der Waals surface area contributed by atoms with Gasteiger partial charge < -0.3 is 69.0 Å². The molecule has 1 aromatic carbocycles. The number of hydrogen-bond donors (Lipinski definition) is 8. The number of hydrogen-bond acceptors (Lipinski definition) is 15. The quantitative estimate of drug-likeness (QED) is 0.140. The molecule has 1 aromatic heterocycles. The van der Waals surface area contributed by atoms with Gasteiger partial charge in [0.15, 0.2) is 12.6 Å². The van der Waals surface area contributed by atoms with Gasteiger partial charge in [0.25, 0.3) is 0 Å². The van der Waals surface area contributed by atoms with Crippen LogP contribution in [0.3, 0.4) is 0 Å². The first-order valence-electron chi connectivity index (χ1n) is 13.1. The molecule has 5 rings (SSSR count). The summed E-state index contributed by atoms with van der Waals surface area (Å²) in [4.78, 5) is 11.7. The fraction of sp³-hybridized carbons (Fsp3) is 0.654. The second-order valence-electron chi connectivity index (χ2n) is 10.7. The highest BCUT2D eigenvalue weighted by molar-refractivity contribution is 5.79. The molecule has 0 amide bonds. The molecule has 3 aliphatic rings. The van der Waals surface area contributed by atoms with Crippen LogP contribution in [-0.2, 0) is 25.4 Å². The summed E-state index contributed by atoms with van der Waals surface area (Å²) in [5.74, 6) is 0.369. The van der Waals surface area contributed by atoms with Gasteiger partial charge in [0.2, 0.25) is 0 Å². The Hall–Kier alpha value is -2.25. The maximum Gasteiger partial charge on any atom is 0.336 e. The molecule has 228 valence electrons. The van der Waals surface area contributed by atoms with Gasteiger partial charge in [0.05, 0.1) is 19.8 Å². The summed E-state index contributed by atoms with van der Waals surface area (Å²) in [5, 5.41) is 81.5. The first kappa shape index (κ1) is 30.2. The van der Waals surface area contributed by atoms with E-state index >= 15 is 0 Å². The number of aliphatic hydroxyl groups is 8. The van der Waals surface area contributed by atoms with Crippen molar-refractivity contribution >= 4 is 11.0 Å². The zero-order chi connectivity index (χ0) is 29.6. The summed E-state index contributed by atoms with van der Waals surface area (Å²) < 4.78 is 34.3. The Morgan fingerprint density at radius 2 is 1.46 bits per heavy atom. The minimum absolute atomic E-state index is 0.219. The Morgan fingerprint density at radius 3 is 2.10 bits per heavy atom. The second kappa shape index (κ2) is 11.8. The van der Waals surface area contributed by atoms with Crippen molar-refractivity contribution in [3.05, 3.63) is 40.2 Å². The first-order valence-corrected chi connectivity index (χ1v) is 13.1. The van der Waals surface area contributed by atoms with Crippen LogP contribution in [0.5, 0.6) is 5.75 Å². The molecule has 0 aliphatic carbocycles. The fourth-order valence-electron chi connectivity index (χ4n) is 5.23. The van der Waals surface area contributed by atoms with E-state index in [-0.39, 0.29) is 12.0 Å². The molecule has 0 radical (unpaired) electrons. The van der Waals surface area contributed by atoms with Gasteiger partial charge in [-0.1, -0.05) is 0 Å². The highest BCUT2D eigenvalue weighted by Crippen LogP contribution is 2.39. The fourth-order valence-corrected chi connectivity index (χ4v) is 5.23. The molecule has 4 heterocycles. The summed E-state index contributed by atoms with van der Waals surface area (Å²) >= 11 is 0. The summed E-state index contributed by atoms with van der Waals surface area (Å²) in [6.45, 7) is -0.285. The molecule has 1 unspecified atom stereocenters. The molecule has 3 aliphatic heterocycles. The monoisotopic (exact) mass is 586 g/mol. The number of rotatable bonds is 8. The zero-order valence-electron chi connectivity index (χ0n) is 21.9. The van der Waals surface area contributed by atoms with Crippen molar-refractivity contribution in [3.63, 3.8) is 0 Å². The van der Waals surface area contributed by atoms with Gasteiger partial charge in [-0.2, -0.15) is 0 Å². The van der Waals surface area contributed by atoms with Crippen molar-refractivity contribution < 1.29 is 69.0 Å². The van der Waals surface area contributed by atoms with E-state index in [1.54, 1.807) is 18.2 Å². The van der Waals surface area contributed by atoms with Crippen LogP contribution in [0.1, 0.15) is 12.5 Å². The third kappa shape index (κ3) is 5.73. The predicted octanol–water partition coefficient (Wildman–Crippen LogP) is -3.51. The maximum atomic E-state index is 11.7. The van der Waals surface area contributed by atoms with Crippen LogP contribution in [0.2, 0.25) is 0 Å². The summed E-state index contributed by atoms with van der Waals surface area (Å²) in [5.41, 5.74) is -1.12. The normalized spacial score (nSPS) is 38.8. The smallest absolute Gasteiger partial charge is 0.336 e. The van der Waals surface area contributed by atoms with E-state index in [9.17, 15) is 45.6 Å². The van der Waals surface area contributed by atoms with E-state index in [2.05, 4.69) is 0 Å². The number of fused-ring (bicyclic) bond motifs is 2. The van der Waals surface area contributed by atoms with E-state index in [4.69, 9.17) is 28.1 Å². The van der Waals surface area contributed by atoms with E-state index < -0.39 is 98.6 Å². The van der Waals surface area contributed by atoms with Crippen molar-refractivity contribution in [2.45, 2.75) is 86.5 Å². The topological polar surface area (TPSA) is 238 Å². The van der Waals surface area contributed by atoms with E-state index in [1.165, 1.54) is 13.0 Å². The molecule has 2 saturated heterocycles. The standard InChI is InChI=1S/C26H34O15/c1-26(41-25-23(35)21(33)19(31)15(8-28)40-25,9-36-24-22(34)20(32)18(30)14(7-27)39-24)16-5-11-4-10-2-3-17(29)38-12(10)6-13(11)37-16/h2-4,6,14-16,18-25,27-28,30-35H,5,7-9H2,1H3/t14-,15-,16+,18-,19-,20+,21+,22-,23-,24-,25+,26?/m1/s1. The summed E-state index contributed by atoms with van der Waals surface area (Å²) in [7, 11) is 0. The Labute approximate surface area is 232 Å². The lowest BCUT2D eigenvalue weighted by atomic mass is 9.93. The zero-order valence-corrected chi connectivity index (χ0v) is 21.9. The van der Waals surface area contributed by atoms with Gasteiger partial charge >= 0.3 is 5.63 Å². The summed E-state index contributed by atoms with van der Waals surface area (Å²) in [6, 6.07) is 6.18. The van der Waals surface area contributed by atoms with Crippen LogP contribution in [0.15, 0.2) is 33.5 Å². The van der Waals surface area contributed by atoms with Crippen molar-refractivity contribution in [2.75, 3.05) is 19.8 Å².